The summed E-state index contributed by atoms with van der Waals surface area (Å²) in [6.07, 6.45) is 7.05. The molecule has 0 heterocycles. The Labute approximate surface area is 110 Å². The summed E-state index contributed by atoms with van der Waals surface area (Å²) >= 11 is 0. The molecule has 98 valence electrons. The van der Waals surface area contributed by atoms with Crippen molar-refractivity contribution in [2.75, 3.05) is 0 Å². The molecule has 0 radical (unpaired) electrons. The van der Waals surface area contributed by atoms with Gasteiger partial charge in [-0.3, -0.25) is 4.79 Å². The van der Waals surface area contributed by atoms with Gasteiger partial charge in [0.2, 0.25) is 5.91 Å². The van der Waals surface area contributed by atoms with E-state index in [2.05, 4.69) is 12.2 Å². The second-order valence-electron chi connectivity index (χ2n) is 5.42. The highest BCUT2D eigenvalue weighted by Crippen LogP contribution is 2.26. The number of nitrogens with one attached hydrogen (secondary N) is 1. The Kier molecular flexibility index (Phi) is 4.80. The molecule has 1 amide bonds. The molecule has 1 aliphatic carbocycles. The third-order valence-corrected chi connectivity index (χ3v) is 3.95. The predicted molar refractivity (Wildman–Crippen MR) is 74.3 cm³/mol. The van der Waals surface area contributed by atoms with Gasteiger partial charge < -0.3 is 5.32 Å². The van der Waals surface area contributed by atoms with E-state index in [9.17, 15) is 4.79 Å². The van der Waals surface area contributed by atoms with E-state index in [4.69, 9.17) is 0 Å². The van der Waals surface area contributed by atoms with Gasteiger partial charge in [0.1, 0.15) is 0 Å². The summed E-state index contributed by atoms with van der Waals surface area (Å²) in [5.41, 5.74) is 1.09. The minimum Gasteiger partial charge on any atom is -0.353 e. The number of benzene rings is 1. The number of amides is 1. The number of hydrogen-bond donors (Lipinski definition) is 1. The lowest BCUT2D eigenvalue weighted by Gasteiger charge is -2.28. The molecule has 1 aliphatic rings. The highest BCUT2D eigenvalue weighted by Gasteiger charge is 2.21. The van der Waals surface area contributed by atoms with Gasteiger partial charge >= 0.3 is 0 Å². The van der Waals surface area contributed by atoms with Gasteiger partial charge in [-0.15, -0.1) is 0 Å². The molecule has 1 saturated carbocycles. The van der Waals surface area contributed by atoms with Gasteiger partial charge in [-0.05, 0) is 31.2 Å². The molecule has 0 spiro atoms. The van der Waals surface area contributed by atoms with Gasteiger partial charge in [0, 0.05) is 6.04 Å². The molecular formula is C16H23NO. The fraction of sp³-hybridized carbons (Fsp3) is 0.562. The fourth-order valence-corrected chi connectivity index (χ4v) is 2.84. The maximum absolute atomic E-state index is 12.0. The Bertz CT molecular complexity index is 368. The van der Waals surface area contributed by atoms with Crippen molar-refractivity contribution in [1.82, 2.24) is 5.32 Å². The van der Waals surface area contributed by atoms with E-state index >= 15 is 0 Å². The first-order valence-electron chi connectivity index (χ1n) is 7.09. The summed E-state index contributed by atoms with van der Waals surface area (Å²) < 4.78 is 0. The molecule has 1 atom stereocenters. The highest BCUT2D eigenvalue weighted by atomic mass is 16.1. The zero-order valence-electron chi connectivity index (χ0n) is 11.2. The number of hydrogen-bond acceptors (Lipinski definition) is 1. The standard InChI is InChI=1S/C16H23NO/c1-13(15-10-6-3-7-11-15)17-16(18)12-14-8-4-2-5-9-14/h2,4-5,8-9,13,15H,3,6-7,10-12H2,1H3,(H,17,18). The van der Waals surface area contributed by atoms with Crippen molar-refractivity contribution < 1.29 is 4.79 Å². The average molecular weight is 245 g/mol. The van der Waals surface area contributed by atoms with Gasteiger partial charge in [-0.25, -0.2) is 0 Å². The van der Waals surface area contributed by atoms with Crippen LogP contribution in [0.1, 0.15) is 44.6 Å². The SMILES string of the molecule is CC(NC(=O)Cc1ccccc1)C1CCCCC1. The Balaban J connectivity index is 1.79. The zero-order valence-corrected chi connectivity index (χ0v) is 11.2. The van der Waals surface area contributed by atoms with Gasteiger partial charge in [0.05, 0.1) is 6.42 Å². The molecule has 0 saturated heterocycles. The van der Waals surface area contributed by atoms with Crippen molar-refractivity contribution in [3.8, 4) is 0 Å². The van der Waals surface area contributed by atoms with E-state index < -0.39 is 0 Å². The average Bonchev–Trinajstić information content (AvgIpc) is 2.40. The quantitative estimate of drug-likeness (QED) is 0.866. The zero-order chi connectivity index (χ0) is 12.8. The van der Waals surface area contributed by atoms with Gasteiger partial charge in [0.25, 0.3) is 0 Å². The number of carbonyl (C=O) groups excluding carboxylic acids is 1. The largest absolute Gasteiger partial charge is 0.353 e. The van der Waals surface area contributed by atoms with E-state index in [-0.39, 0.29) is 5.91 Å². The molecule has 1 fully saturated rings. The van der Waals surface area contributed by atoms with Crippen molar-refractivity contribution >= 4 is 5.91 Å². The van der Waals surface area contributed by atoms with E-state index in [1.807, 2.05) is 30.3 Å². The molecule has 2 heteroatoms. The lowest BCUT2D eigenvalue weighted by molar-refractivity contribution is -0.121. The molecular weight excluding hydrogens is 222 g/mol. The second kappa shape index (κ2) is 6.58. The topological polar surface area (TPSA) is 29.1 Å². The fourth-order valence-electron chi connectivity index (χ4n) is 2.84. The van der Waals surface area contributed by atoms with Gasteiger partial charge in [0.15, 0.2) is 0 Å². The molecule has 0 aromatic heterocycles. The van der Waals surface area contributed by atoms with Crippen LogP contribution in [0.25, 0.3) is 0 Å². The third kappa shape index (κ3) is 3.86. The Morgan fingerprint density at radius 3 is 2.56 bits per heavy atom. The lowest BCUT2D eigenvalue weighted by Crippen LogP contribution is -2.39. The minimum absolute atomic E-state index is 0.152. The highest BCUT2D eigenvalue weighted by molar-refractivity contribution is 5.78. The Morgan fingerprint density at radius 2 is 1.89 bits per heavy atom. The van der Waals surface area contributed by atoms with E-state index in [0.29, 0.717) is 18.4 Å². The van der Waals surface area contributed by atoms with Crippen LogP contribution in [0.5, 0.6) is 0 Å². The van der Waals surface area contributed by atoms with Crippen molar-refractivity contribution in [2.24, 2.45) is 5.92 Å². The van der Waals surface area contributed by atoms with Crippen molar-refractivity contribution in [1.29, 1.82) is 0 Å². The van der Waals surface area contributed by atoms with Gasteiger partial charge in [-0.2, -0.15) is 0 Å². The van der Waals surface area contributed by atoms with Crippen LogP contribution < -0.4 is 5.32 Å². The summed E-state index contributed by atoms with van der Waals surface area (Å²) in [6, 6.07) is 10.3. The van der Waals surface area contributed by atoms with Crippen LogP contribution in [0.4, 0.5) is 0 Å². The van der Waals surface area contributed by atoms with Crippen LogP contribution in [0, 0.1) is 5.92 Å². The molecule has 2 rings (SSSR count). The second-order valence-corrected chi connectivity index (χ2v) is 5.42. The first-order chi connectivity index (χ1) is 8.75. The van der Waals surface area contributed by atoms with Crippen LogP contribution in [-0.2, 0) is 11.2 Å². The van der Waals surface area contributed by atoms with Crippen LogP contribution >= 0.6 is 0 Å². The maximum Gasteiger partial charge on any atom is 0.224 e. The molecule has 1 unspecified atom stereocenters. The smallest absolute Gasteiger partial charge is 0.224 e. The first kappa shape index (κ1) is 13.1. The van der Waals surface area contributed by atoms with Crippen molar-refractivity contribution in [3.63, 3.8) is 0 Å². The first-order valence-corrected chi connectivity index (χ1v) is 7.09. The van der Waals surface area contributed by atoms with Crippen molar-refractivity contribution in [2.45, 2.75) is 51.5 Å². The van der Waals surface area contributed by atoms with E-state index in [0.717, 1.165) is 5.56 Å². The molecule has 0 bridgehead atoms. The normalized spacial score (nSPS) is 18.3. The monoisotopic (exact) mass is 245 g/mol. The minimum atomic E-state index is 0.152. The number of carbonyl (C=O) groups is 1. The van der Waals surface area contributed by atoms with E-state index in [1.54, 1.807) is 0 Å². The summed E-state index contributed by atoms with van der Waals surface area (Å²) in [7, 11) is 0. The number of rotatable bonds is 4. The van der Waals surface area contributed by atoms with Crippen LogP contribution in [0.3, 0.4) is 0 Å². The van der Waals surface area contributed by atoms with Crippen LogP contribution in [0.2, 0.25) is 0 Å². The Hall–Kier alpha value is -1.31. The molecule has 2 nitrogen and oxygen atoms in total. The maximum atomic E-state index is 12.0. The van der Waals surface area contributed by atoms with Gasteiger partial charge in [-0.1, -0.05) is 49.6 Å². The summed E-state index contributed by atoms with van der Waals surface area (Å²) in [4.78, 5) is 12.0. The Morgan fingerprint density at radius 1 is 1.22 bits per heavy atom. The lowest BCUT2D eigenvalue weighted by atomic mass is 9.84. The van der Waals surface area contributed by atoms with Crippen LogP contribution in [-0.4, -0.2) is 11.9 Å². The molecule has 18 heavy (non-hydrogen) atoms. The molecule has 1 aromatic carbocycles. The van der Waals surface area contributed by atoms with Crippen molar-refractivity contribution in [3.05, 3.63) is 35.9 Å². The summed E-state index contributed by atoms with van der Waals surface area (Å²) in [5.74, 6) is 0.831. The van der Waals surface area contributed by atoms with Crippen LogP contribution in [0.15, 0.2) is 30.3 Å². The van der Waals surface area contributed by atoms with E-state index in [1.165, 1.54) is 32.1 Å². The third-order valence-electron chi connectivity index (χ3n) is 3.95. The molecule has 1 aromatic rings. The summed E-state index contributed by atoms with van der Waals surface area (Å²) in [5, 5.41) is 3.16. The summed E-state index contributed by atoms with van der Waals surface area (Å²) in [6.45, 7) is 2.15. The predicted octanol–water partition coefficient (Wildman–Crippen LogP) is 3.31. The molecule has 1 N–H and O–H groups in total. The molecule has 0 aliphatic heterocycles.